The number of allylic oxidation sites excluding steroid dienone is 1. The summed E-state index contributed by atoms with van der Waals surface area (Å²) in [5.74, 6) is 0. The summed E-state index contributed by atoms with van der Waals surface area (Å²) in [6, 6.07) is 14.7. The maximum absolute atomic E-state index is 10.8. The van der Waals surface area contributed by atoms with Crippen LogP contribution in [0.2, 0.25) is 10.0 Å². The second-order valence-corrected chi connectivity index (χ2v) is 4.60. The van der Waals surface area contributed by atoms with Gasteiger partial charge in [-0.25, -0.2) is 0 Å². The maximum Gasteiger partial charge on any atom is 0.143 e. The highest BCUT2D eigenvalue weighted by Gasteiger charge is 2.04. The van der Waals surface area contributed by atoms with Gasteiger partial charge in [0.05, 0.1) is 0 Å². The van der Waals surface area contributed by atoms with E-state index in [9.17, 15) is 4.79 Å². The molecule has 0 saturated carbocycles. The van der Waals surface area contributed by atoms with Crippen molar-refractivity contribution in [3.05, 3.63) is 75.8 Å². The highest BCUT2D eigenvalue weighted by molar-refractivity contribution is 6.31. The Labute approximate surface area is 116 Å². The number of benzene rings is 2. The molecule has 18 heavy (non-hydrogen) atoms. The van der Waals surface area contributed by atoms with Crippen LogP contribution in [0, 0.1) is 0 Å². The molecule has 0 unspecified atom stereocenters. The van der Waals surface area contributed by atoms with Gasteiger partial charge in [0.15, 0.2) is 0 Å². The smallest absolute Gasteiger partial charge is 0.143 e. The van der Waals surface area contributed by atoms with Gasteiger partial charge in [0.25, 0.3) is 0 Å². The highest BCUT2D eigenvalue weighted by Crippen LogP contribution is 2.25. The van der Waals surface area contributed by atoms with Gasteiger partial charge in [-0.15, -0.1) is 0 Å². The second kappa shape index (κ2) is 5.85. The Morgan fingerprint density at radius 3 is 1.50 bits per heavy atom. The summed E-state index contributed by atoms with van der Waals surface area (Å²) in [5, 5.41) is 1.33. The van der Waals surface area contributed by atoms with Crippen molar-refractivity contribution >= 4 is 35.1 Å². The number of carbonyl (C=O) groups is 1. The van der Waals surface area contributed by atoms with Gasteiger partial charge >= 0.3 is 0 Å². The maximum atomic E-state index is 10.8. The largest absolute Gasteiger partial charge is 0.299 e. The van der Waals surface area contributed by atoms with Gasteiger partial charge in [-0.1, -0.05) is 47.5 Å². The van der Waals surface area contributed by atoms with E-state index in [1.54, 1.807) is 24.3 Å². The molecule has 0 N–H and O–H groups in total. The molecule has 3 heteroatoms. The lowest BCUT2D eigenvalue weighted by Crippen LogP contribution is -1.88. The van der Waals surface area contributed by atoms with Crippen molar-refractivity contribution in [2.24, 2.45) is 0 Å². The Hall–Kier alpha value is -1.57. The molecule has 0 amide bonds. The van der Waals surface area contributed by atoms with Crippen molar-refractivity contribution in [2.45, 2.75) is 0 Å². The molecule has 2 aromatic carbocycles. The van der Waals surface area contributed by atoms with Crippen molar-refractivity contribution in [1.29, 1.82) is 0 Å². The van der Waals surface area contributed by atoms with Crippen molar-refractivity contribution < 1.29 is 4.79 Å². The zero-order chi connectivity index (χ0) is 13.0. The van der Waals surface area contributed by atoms with E-state index < -0.39 is 0 Å². The normalized spacial score (nSPS) is 9.89. The first kappa shape index (κ1) is 12.9. The van der Waals surface area contributed by atoms with E-state index in [4.69, 9.17) is 23.2 Å². The molecule has 0 bridgehead atoms. The second-order valence-electron chi connectivity index (χ2n) is 3.73. The van der Waals surface area contributed by atoms with Gasteiger partial charge in [-0.3, -0.25) is 4.79 Å². The van der Waals surface area contributed by atoms with Gasteiger partial charge in [0.2, 0.25) is 0 Å². The predicted octanol–water partition coefficient (Wildman–Crippen LogP) is 4.62. The lowest BCUT2D eigenvalue weighted by atomic mass is 9.98. The van der Waals surface area contributed by atoms with E-state index in [2.05, 4.69) is 0 Å². The quantitative estimate of drug-likeness (QED) is 0.590. The topological polar surface area (TPSA) is 17.1 Å². The molecule has 0 aliphatic rings. The fraction of sp³-hybridized carbons (Fsp3) is 0. The van der Waals surface area contributed by atoms with E-state index >= 15 is 0 Å². The predicted molar refractivity (Wildman–Crippen MR) is 76.0 cm³/mol. The van der Waals surface area contributed by atoms with Crippen LogP contribution in [0.25, 0.3) is 5.57 Å². The SMILES string of the molecule is O=CC=C(c1ccc(Cl)cc1)c1ccc(Cl)cc1. The number of hydrogen-bond donors (Lipinski definition) is 0. The van der Waals surface area contributed by atoms with Crippen LogP contribution in [0.15, 0.2) is 54.6 Å². The molecule has 0 aliphatic heterocycles. The fourth-order valence-electron chi connectivity index (χ4n) is 1.69. The van der Waals surface area contributed by atoms with Gasteiger partial charge in [-0.05, 0) is 47.0 Å². The van der Waals surface area contributed by atoms with Crippen LogP contribution in [0.4, 0.5) is 0 Å². The first-order valence-corrected chi connectivity index (χ1v) is 6.13. The van der Waals surface area contributed by atoms with Crippen molar-refractivity contribution in [3.63, 3.8) is 0 Å². The first-order chi connectivity index (χ1) is 8.70. The number of carbonyl (C=O) groups excluding carboxylic acids is 1. The van der Waals surface area contributed by atoms with Crippen LogP contribution < -0.4 is 0 Å². The molecule has 2 rings (SSSR count). The zero-order valence-corrected chi connectivity index (χ0v) is 10.9. The molecule has 90 valence electrons. The highest BCUT2D eigenvalue weighted by atomic mass is 35.5. The fourth-order valence-corrected chi connectivity index (χ4v) is 1.94. The molecule has 0 atom stereocenters. The summed E-state index contributed by atoms with van der Waals surface area (Å²) in [6.07, 6.45) is 2.31. The molecular weight excluding hydrogens is 267 g/mol. The number of rotatable bonds is 3. The average molecular weight is 277 g/mol. The molecule has 0 saturated heterocycles. The number of aldehydes is 1. The van der Waals surface area contributed by atoms with E-state index in [1.165, 1.54) is 6.08 Å². The van der Waals surface area contributed by atoms with Gasteiger partial charge in [0, 0.05) is 10.0 Å². The van der Waals surface area contributed by atoms with E-state index in [0.29, 0.717) is 10.0 Å². The molecule has 2 aromatic rings. The third kappa shape index (κ3) is 3.00. The van der Waals surface area contributed by atoms with Gasteiger partial charge in [-0.2, -0.15) is 0 Å². The standard InChI is InChI=1S/C15H10Cl2O/c16-13-5-1-11(2-6-13)15(9-10-18)12-3-7-14(17)8-4-12/h1-10H. The van der Waals surface area contributed by atoms with Crippen LogP contribution in [0.3, 0.4) is 0 Å². The number of halogens is 2. The zero-order valence-electron chi connectivity index (χ0n) is 9.44. The summed E-state index contributed by atoms with van der Waals surface area (Å²) >= 11 is 11.7. The van der Waals surface area contributed by atoms with Crippen molar-refractivity contribution in [2.75, 3.05) is 0 Å². The summed E-state index contributed by atoms with van der Waals surface area (Å²) in [6.45, 7) is 0. The van der Waals surface area contributed by atoms with E-state index in [0.717, 1.165) is 23.0 Å². The summed E-state index contributed by atoms with van der Waals surface area (Å²) < 4.78 is 0. The van der Waals surface area contributed by atoms with E-state index in [-0.39, 0.29) is 0 Å². The minimum atomic E-state index is 0.667. The summed E-state index contributed by atoms with van der Waals surface area (Å²) in [7, 11) is 0. The van der Waals surface area contributed by atoms with Crippen molar-refractivity contribution in [3.8, 4) is 0 Å². The van der Waals surface area contributed by atoms with Crippen LogP contribution in [0.5, 0.6) is 0 Å². The molecule has 0 heterocycles. The van der Waals surface area contributed by atoms with Crippen LogP contribution in [0.1, 0.15) is 11.1 Å². The molecule has 0 aromatic heterocycles. The molecule has 0 aliphatic carbocycles. The Bertz CT molecular complexity index is 521. The molecule has 1 nitrogen and oxygen atoms in total. The molecule has 0 spiro atoms. The third-order valence-corrected chi connectivity index (χ3v) is 3.05. The Morgan fingerprint density at radius 2 is 1.17 bits per heavy atom. The average Bonchev–Trinajstić information content (AvgIpc) is 2.39. The van der Waals surface area contributed by atoms with Crippen LogP contribution >= 0.6 is 23.2 Å². The Morgan fingerprint density at radius 1 is 0.778 bits per heavy atom. The summed E-state index contributed by atoms with van der Waals surface area (Å²) in [4.78, 5) is 10.8. The minimum absolute atomic E-state index is 0.667. The van der Waals surface area contributed by atoms with Crippen LogP contribution in [-0.2, 0) is 4.79 Å². The molecule has 0 fully saturated rings. The van der Waals surface area contributed by atoms with Crippen molar-refractivity contribution in [1.82, 2.24) is 0 Å². The lowest BCUT2D eigenvalue weighted by molar-refractivity contribution is -0.104. The molecule has 0 radical (unpaired) electrons. The first-order valence-electron chi connectivity index (χ1n) is 5.38. The van der Waals surface area contributed by atoms with E-state index in [1.807, 2.05) is 24.3 Å². The summed E-state index contributed by atoms with van der Waals surface area (Å²) in [5.41, 5.74) is 2.72. The number of hydrogen-bond acceptors (Lipinski definition) is 1. The Balaban J connectivity index is 2.46. The lowest BCUT2D eigenvalue weighted by Gasteiger charge is -2.07. The van der Waals surface area contributed by atoms with Gasteiger partial charge < -0.3 is 0 Å². The Kier molecular flexibility index (Phi) is 4.19. The molecular formula is C15H10Cl2O. The third-order valence-electron chi connectivity index (χ3n) is 2.55. The van der Waals surface area contributed by atoms with Crippen LogP contribution in [-0.4, -0.2) is 6.29 Å². The monoisotopic (exact) mass is 276 g/mol. The van der Waals surface area contributed by atoms with Gasteiger partial charge in [0.1, 0.15) is 6.29 Å². The minimum Gasteiger partial charge on any atom is -0.299 e.